The van der Waals surface area contributed by atoms with Crippen LogP contribution in [0, 0.1) is 0 Å². The lowest BCUT2D eigenvalue weighted by Gasteiger charge is -2.21. The third kappa shape index (κ3) is 2.78. The van der Waals surface area contributed by atoms with Crippen molar-refractivity contribution in [3.8, 4) is 0 Å². The van der Waals surface area contributed by atoms with Crippen molar-refractivity contribution in [3.63, 3.8) is 0 Å². The molecule has 0 saturated carbocycles. The number of hydrogen-bond acceptors (Lipinski definition) is 5. The van der Waals surface area contributed by atoms with E-state index < -0.39 is 12.0 Å². The fourth-order valence-corrected chi connectivity index (χ4v) is 2.29. The molecule has 0 aromatic carbocycles. The fraction of sp³-hybridized carbons (Fsp3) is 0.462. The molecule has 3 N–H and O–H groups in total. The maximum Gasteiger partial charge on any atom is 0.267 e. The number of carbonyl (C=O) groups is 2. The van der Waals surface area contributed by atoms with Gasteiger partial charge in [0.1, 0.15) is 5.69 Å². The van der Waals surface area contributed by atoms with Crippen LogP contribution in [0.3, 0.4) is 0 Å². The maximum absolute atomic E-state index is 12.3. The van der Waals surface area contributed by atoms with Gasteiger partial charge in [0.2, 0.25) is 0 Å². The Morgan fingerprint density at radius 2 is 2.10 bits per heavy atom. The number of likely N-dealkylation sites (N-methyl/N-ethyl adjacent to an activating group) is 1. The van der Waals surface area contributed by atoms with Crippen LogP contribution in [0.4, 0.5) is 0 Å². The molecule has 2 heterocycles. The van der Waals surface area contributed by atoms with E-state index in [1.807, 2.05) is 19.0 Å². The van der Waals surface area contributed by atoms with E-state index in [4.69, 9.17) is 5.73 Å². The predicted molar refractivity (Wildman–Crippen MR) is 72.1 cm³/mol. The van der Waals surface area contributed by atoms with E-state index in [1.54, 1.807) is 4.90 Å². The van der Waals surface area contributed by atoms with E-state index in [2.05, 4.69) is 4.98 Å². The van der Waals surface area contributed by atoms with Gasteiger partial charge >= 0.3 is 0 Å². The molecule has 1 aromatic heterocycles. The van der Waals surface area contributed by atoms with E-state index in [0.29, 0.717) is 18.7 Å². The van der Waals surface area contributed by atoms with Crippen LogP contribution in [-0.4, -0.2) is 71.0 Å². The average Bonchev–Trinajstić information content (AvgIpc) is 2.80. The van der Waals surface area contributed by atoms with Gasteiger partial charge < -0.3 is 20.6 Å². The second kappa shape index (κ2) is 5.56. The fourth-order valence-electron chi connectivity index (χ4n) is 2.29. The Morgan fingerprint density at radius 3 is 2.55 bits per heavy atom. The third-order valence-electron chi connectivity index (χ3n) is 3.47. The number of rotatable bonds is 3. The number of likely N-dealkylation sites (tertiary alicyclic amines) is 1. The molecular weight excluding hydrogens is 260 g/mol. The monoisotopic (exact) mass is 278 g/mol. The number of nitrogens with two attached hydrogens (primary N) is 1. The van der Waals surface area contributed by atoms with Crippen LogP contribution in [0.1, 0.15) is 20.8 Å². The number of primary amides is 1. The standard InChI is InChI=1S/C13H18N4O3/c1-16(2)10-6-17(7-11(10)18)13(20)8-3-4-9(12(14)19)15-5-8/h3-5,10-11,18H,6-7H2,1-2H3,(H2,14,19)/t10-,11-/m0/s1. The minimum absolute atomic E-state index is 0.0724. The minimum atomic E-state index is -0.631. The van der Waals surface area contributed by atoms with Gasteiger partial charge in [-0.3, -0.25) is 14.6 Å². The summed E-state index contributed by atoms with van der Waals surface area (Å²) in [6, 6.07) is 2.87. The zero-order valence-corrected chi connectivity index (χ0v) is 11.5. The average molecular weight is 278 g/mol. The lowest BCUT2D eigenvalue weighted by molar-refractivity contribution is 0.0763. The Balaban J connectivity index is 2.10. The first-order valence-corrected chi connectivity index (χ1v) is 6.29. The van der Waals surface area contributed by atoms with Crippen molar-refractivity contribution in [1.29, 1.82) is 0 Å². The van der Waals surface area contributed by atoms with Crippen LogP contribution < -0.4 is 5.73 Å². The summed E-state index contributed by atoms with van der Waals surface area (Å²) < 4.78 is 0. The number of aromatic nitrogens is 1. The molecule has 20 heavy (non-hydrogen) atoms. The van der Waals surface area contributed by atoms with Gasteiger partial charge in [-0.1, -0.05) is 0 Å². The van der Waals surface area contributed by atoms with Crippen molar-refractivity contribution in [2.24, 2.45) is 5.73 Å². The molecule has 1 fully saturated rings. The topological polar surface area (TPSA) is 99.8 Å². The van der Waals surface area contributed by atoms with Gasteiger partial charge in [0.15, 0.2) is 0 Å². The summed E-state index contributed by atoms with van der Waals surface area (Å²) in [4.78, 5) is 30.5. The molecule has 0 spiro atoms. The van der Waals surface area contributed by atoms with Gasteiger partial charge in [-0.05, 0) is 26.2 Å². The highest BCUT2D eigenvalue weighted by molar-refractivity contribution is 5.96. The van der Waals surface area contributed by atoms with Gasteiger partial charge in [-0.15, -0.1) is 0 Å². The van der Waals surface area contributed by atoms with E-state index in [0.717, 1.165) is 0 Å². The molecule has 1 saturated heterocycles. The van der Waals surface area contributed by atoms with Gasteiger partial charge in [0, 0.05) is 19.3 Å². The Kier molecular flexibility index (Phi) is 4.01. The van der Waals surface area contributed by atoms with Crippen LogP contribution in [0.15, 0.2) is 18.3 Å². The minimum Gasteiger partial charge on any atom is -0.390 e. The number of pyridine rings is 1. The lowest BCUT2D eigenvalue weighted by atomic mass is 10.2. The summed E-state index contributed by atoms with van der Waals surface area (Å²) in [7, 11) is 3.73. The molecule has 0 radical (unpaired) electrons. The zero-order valence-electron chi connectivity index (χ0n) is 11.5. The first-order valence-electron chi connectivity index (χ1n) is 6.29. The number of aliphatic hydroxyl groups excluding tert-OH is 1. The Morgan fingerprint density at radius 1 is 1.40 bits per heavy atom. The highest BCUT2D eigenvalue weighted by Crippen LogP contribution is 2.17. The number of nitrogens with zero attached hydrogens (tertiary/aromatic N) is 3. The Hall–Kier alpha value is -1.99. The van der Waals surface area contributed by atoms with E-state index in [1.165, 1.54) is 18.3 Å². The molecule has 2 amide bonds. The number of hydrogen-bond donors (Lipinski definition) is 2. The van der Waals surface area contributed by atoms with Gasteiger partial charge in [0.25, 0.3) is 11.8 Å². The summed E-state index contributed by atoms with van der Waals surface area (Å²) in [5, 5.41) is 9.93. The van der Waals surface area contributed by atoms with Crippen LogP contribution >= 0.6 is 0 Å². The quantitative estimate of drug-likeness (QED) is 0.733. The molecule has 1 aromatic rings. The predicted octanol–water partition coefficient (Wildman–Crippen LogP) is -1.07. The number of carbonyl (C=O) groups excluding carboxylic acids is 2. The van der Waals surface area contributed by atoms with Crippen molar-refractivity contribution < 1.29 is 14.7 Å². The zero-order chi connectivity index (χ0) is 14.9. The molecular formula is C13H18N4O3. The molecule has 0 unspecified atom stereocenters. The largest absolute Gasteiger partial charge is 0.390 e. The van der Waals surface area contributed by atoms with Crippen LogP contribution in [0.2, 0.25) is 0 Å². The first kappa shape index (κ1) is 14.4. The summed E-state index contributed by atoms with van der Waals surface area (Å²) in [5.74, 6) is -0.842. The molecule has 1 aliphatic rings. The first-order chi connectivity index (χ1) is 9.40. The summed E-state index contributed by atoms with van der Waals surface area (Å²) in [5.41, 5.74) is 5.59. The number of β-amino-alcohol motifs (C(OH)–C–C–N with tert-alkyl or cyclic N) is 1. The molecule has 7 nitrogen and oxygen atoms in total. The van der Waals surface area contributed by atoms with Crippen molar-refractivity contribution in [2.45, 2.75) is 12.1 Å². The van der Waals surface area contributed by atoms with Gasteiger partial charge in [-0.25, -0.2) is 0 Å². The highest BCUT2D eigenvalue weighted by Gasteiger charge is 2.35. The van der Waals surface area contributed by atoms with Crippen molar-refractivity contribution in [1.82, 2.24) is 14.8 Å². The van der Waals surface area contributed by atoms with Crippen molar-refractivity contribution in [3.05, 3.63) is 29.6 Å². The third-order valence-corrected chi connectivity index (χ3v) is 3.47. The van der Waals surface area contributed by atoms with Crippen molar-refractivity contribution >= 4 is 11.8 Å². The van der Waals surface area contributed by atoms with E-state index >= 15 is 0 Å². The summed E-state index contributed by atoms with van der Waals surface area (Å²) >= 11 is 0. The Labute approximate surface area is 117 Å². The van der Waals surface area contributed by atoms with Crippen LogP contribution in [0.25, 0.3) is 0 Å². The summed E-state index contributed by atoms with van der Waals surface area (Å²) in [6.45, 7) is 0.754. The summed E-state index contributed by atoms with van der Waals surface area (Å²) in [6.07, 6.45) is 0.768. The molecule has 0 aliphatic carbocycles. The number of amides is 2. The second-order valence-corrected chi connectivity index (χ2v) is 5.10. The van der Waals surface area contributed by atoms with Gasteiger partial charge in [0.05, 0.1) is 17.7 Å². The van der Waals surface area contributed by atoms with Gasteiger partial charge in [-0.2, -0.15) is 0 Å². The lowest BCUT2D eigenvalue weighted by Crippen LogP contribution is -2.38. The number of aliphatic hydroxyl groups is 1. The molecule has 1 aliphatic heterocycles. The SMILES string of the molecule is CN(C)[C@H]1CN(C(=O)c2ccc(C(N)=O)nc2)C[C@@H]1O. The highest BCUT2D eigenvalue weighted by atomic mass is 16.3. The van der Waals surface area contributed by atoms with E-state index in [-0.39, 0.29) is 17.6 Å². The molecule has 0 bridgehead atoms. The van der Waals surface area contributed by atoms with E-state index in [9.17, 15) is 14.7 Å². The van der Waals surface area contributed by atoms with Crippen molar-refractivity contribution in [2.75, 3.05) is 27.2 Å². The molecule has 108 valence electrons. The van der Waals surface area contributed by atoms with Crippen LogP contribution in [0.5, 0.6) is 0 Å². The normalized spacial score (nSPS) is 22.3. The molecule has 7 heteroatoms. The van der Waals surface area contributed by atoms with Crippen LogP contribution in [-0.2, 0) is 0 Å². The second-order valence-electron chi connectivity index (χ2n) is 5.10. The molecule has 2 atom stereocenters. The molecule has 2 rings (SSSR count). The smallest absolute Gasteiger partial charge is 0.267 e. The Bertz CT molecular complexity index is 515. The maximum atomic E-state index is 12.3.